The molecular formula is C38H37Cl2FN6O6S. The van der Waals surface area contributed by atoms with Crippen LogP contribution in [-0.4, -0.2) is 81.5 Å². The maximum Gasteiger partial charge on any atom is 0.255 e. The summed E-state index contributed by atoms with van der Waals surface area (Å²) in [5.74, 6) is 0.593. The smallest absolute Gasteiger partial charge is 0.255 e. The molecule has 0 saturated carbocycles. The SMILES string of the molecule is COc1cc2ncnc(Nc3ccc(Cl)c(Cl)c3F)c2cc1OC1CCN(C(=O)CCCCSc2cccc3c2CN(C2CCC(=O)NC2=O)C3=O)CC1. The summed E-state index contributed by atoms with van der Waals surface area (Å²) in [7, 11) is 1.55. The largest absolute Gasteiger partial charge is 0.493 e. The molecule has 0 spiro atoms. The van der Waals surface area contributed by atoms with Gasteiger partial charge in [-0.15, -0.1) is 11.8 Å². The molecule has 282 valence electrons. The molecule has 1 aromatic heterocycles. The number of piperidine rings is 2. The monoisotopic (exact) mass is 794 g/mol. The normalized spacial score (nSPS) is 17.5. The zero-order chi connectivity index (χ0) is 37.9. The number of aromatic nitrogens is 2. The number of benzene rings is 3. The van der Waals surface area contributed by atoms with E-state index >= 15 is 0 Å². The first-order valence-corrected chi connectivity index (χ1v) is 19.4. The van der Waals surface area contributed by atoms with E-state index in [4.69, 9.17) is 32.7 Å². The fraction of sp³-hybridized carbons (Fsp3) is 0.368. The summed E-state index contributed by atoms with van der Waals surface area (Å²) in [5.41, 5.74) is 2.17. The number of anilines is 2. The topological polar surface area (TPSA) is 143 Å². The number of unbranched alkanes of at least 4 members (excludes halogenated alkanes) is 1. The van der Waals surface area contributed by atoms with Gasteiger partial charge >= 0.3 is 0 Å². The maximum atomic E-state index is 14.8. The molecule has 3 aromatic carbocycles. The molecule has 0 bridgehead atoms. The van der Waals surface area contributed by atoms with Crippen molar-refractivity contribution in [2.75, 3.05) is 31.3 Å². The lowest BCUT2D eigenvalue weighted by Gasteiger charge is -2.32. The van der Waals surface area contributed by atoms with Crippen molar-refractivity contribution in [2.24, 2.45) is 0 Å². The predicted octanol–water partition coefficient (Wildman–Crippen LogP) is 6.92. The standard InChI is InChI=1S/C38H37Cl2FN6O6S/c1-52-29-18-27-23(36(43-20-42-27)44-26-9-8-25(39)34(40)35(26)41)17-30(29)53-21-12-14-46(15-13-21)33(49)7-2-3-16-54-31-6-4-5-22-24(31)19-47(38(22)51)28-10-11-32(48)45-37(28)50/h4-6,8-9,17-18,20-21,28H,2-3,7,10-16,19H2,1H3,(H,42,43,44)(H,45,48,50). The number of carbonyl (C=O) groups excluding carboxylic acids is 4. The van der Waals surface area contributed by atoms with E-state index in [1.807, 2.05) is 17.0 Å². The molecule has 0 radical (unpaired) electrons. The number of thioether (sulfide) groups is 1. The van der Waals surface area contributed by atoms with Gasteiger partial charge in [-0.25, -0.2) is 14.4 Å². The molecule has 7 rings (SSSR count). The van der Waals surface area contributed by atoms with Gasteiger partial charge < -0.3 is 24.6 Å². The number of amides is 4. The van der Waals surface area contributed by atoms with Crippen LogP contribution in [0.1, 0.15) is 60.9 Å². The second-order valence-corrected chi connectivity index (χ2v) is 15.2. The van der Waals surface area contributed by atoms with Crippen molar-refractivity contribution in [3.63, 3.8) is 0 Å². The Morgan fingerprint density at radius 1 is 1.06 bits per heavy atom. The van der Waals surface area contributed by atoms with Gasteiger partial charge in [0.05, 0.1) is 28.4 Å². The number of nitrogens with zero attached hydrogens (tertiary/aromatic N) is 4. The zero-order valence-electron chi connectivity index (χ0n) is 29.3. The number of likely N-dealkylation sites (tertiary alicyclic amines) is 1. The summed E-state index contributed by atoms with van der Waals surface area (Å²) in [6.45, 7) is 1.46. The van der Waals surface area contributed by atoms with Crippen LogP contribution in [0.5, 0.6) is 11.5 Å². The molecule has 54 heavy (non-hydrogen) atoms. The Morgan fingerprint density at radius 2 is 1.87 bits per heavy atom. The number of imide groups is 1. The highest BCUT2D eigenvalue weighted by Crippen LogP contribution is 2.38. The van der Waals surface area contributed by atoms with Gasteiger partial charge in [-0.3, -0.25) is 24.5 Å². The van der Waals surface area contributed by atoms with E-state index in [0.29, 0.717) is 79.1 Å². The quantitative estimate of drug-likeness (QED) is 0.0672. The van der Waals surface area contributed by atoms with Gasteiger partial charge in [-0.1, -0.05) is 29.3 Å². The summed E-state index contributed by atoms with van der Waals surface area (Å²) >= 11 is 13.6. The summed E-state index contributed by atoms with van der Waals surface area (Å²) in [5, 5.41) is 5.82. The lowest BCUT2D eigenvalue weighted by Crippen LogP contribution is -2.52. The number of methoxy groups -OCH3 is 1. The van der Waals surface area contributed by atoms with Crippen molar-refractivity contribution < 1.29 is 33.0 Å². The lowest BCUT2D eigenvalue weighted by atomic mass is 10.0. The highest BCUT2D eigenvalue weighted by molar-refractivity contribution is 7.99. The van der Waals surface area contributed by atoms with Crippen LogP contribution in [0.15, 0.2) is 53.7 Å². The van der Waals surface area contributed by atoms with Gasteiger partial charge in [-0.05, 0) is 60.9 Å². The average Bonchev–Trinajstić information content (AvgIpc) is 3.51. The number of halogens is 3. The number of rotatable bonds is 12. The van der Waals surface area contributed by atoms with E-state index in [9.17, 15) is 23.6 Å². The average molecular weight is 796 g/mol. The third kappa shape index (κ3) is 7.91. The summed E-state index contributed by atoms with van der Waals surface area (Å²) in [4.78, 5) is 63.4. The first kappa shape index (κ1) is 37.6. The van der Waals surface area contributed by atoms with Crippen LogP contribution < -0.4 is 20.1 Å². The molecule has 2 N–H and O–H groups in total. The van der Waals surface area contributed by atoms with Crippen LogP contribution in [0.4, 0.5) is 15.9 Å². The van der Waals surface area contributed by atoms with Crippen molar-refractivity contribution >= 4 is 81.0 Å². The van der Waals surface area contributed by atoms with Crippen molar-refractivity contribution in [2.45, 2.75) is 68.5 Å². The molecule has 1 unspecified atom stereocenters. The minimum Gasteiger partial charge on any atom is -0.493 e. The van der Waals surface area contributed by atoms with E-state index in [-0.39, 0.29) is 46.0 Å². The number of carbonyl (C=O) groups is 4. The minimum atomic E-state index is -0.698. The van der Waals surface area contributed by atoms with Gasteiger partial charge in [0.1, 0.15) is 24.3 Å². The highest BCUT2D eigenvalue weighted by Gasteiger charge is 2.39. The van der Waals surface area contributed by atoms with Crippen LogP contribution in [0.25, 0.3) is 10.9 Å². The van der Waals surface area contributed by atoms with Crippen LogP contribution in [0.3, 0.4) is 0 Å². The minimum absolute atomic E-state index is 0.102. The Balaban J connectivity index is 0.889. The van der Waals surface area contributed by atoms with Crippen molar-refractivity contribution in [1.29, 1.82) is 0 Å². The fourth-order valence-corrected chi connectivity index (χ4v) is 8.38. The van der Waals surface area contributed by atoms with Gasteiger partial charge in [0.2, 0.25) is 17.7 Å². The molecular weight excluding hydrogens is 758 g/mol. The Hall–Kier alpha value is -4.66. The van der Waals surface area contributed by atoms with E-state index in [2.05, 4.69) is 20.6 Å². The van der Waals surface area contributed by atoms with Gasteiger partial charge in [0, 0.05) is 67.2 Å². The van der Waals surface area contributed by atoms with E-state index in [1.54, 1.807) is 42.0 Å². The lowest BCUT2D eigenvalue weighted by molar-refractivity contribution is -0.137. The number of nitrogens with one attached hydrogen (secondary N) is 2. The van der Waals surface area contributed by atoms with Gasteiger partial charge in [-0.2, -0.15) is 0 Å². The van der Waals surface area contributed by atoms with E-state index < -0.39 is 17.8 Å². The number of hydrogen-bond acceptors (Lipinski definition) is 10. The molecule has 2 fully saturated rings. The summed E-state index contributed by atoms with van der Waals surface area (Å²) < 4.78 is 26.8. The molecule has 4 amide bonds. The molecule has 4 heterocycles. The number of fused-ring (bicyclic) bond motifs is 2. The maximum absolute atomic E-state index is 14.8. The highest BCUT2D eigenvalue weighted by atomic mass is 35.5. The van der Waals surface area contributed by atoms with Gasteiger partial charge in [0.25, 0.3) is 5.91 Å². The first-order valence-electron chi connectivity index (χ1n) is 17.7. The van der Waals surface area contributed by atoms with Crippen LogP contribution >= 0.6 is 35.0 Å². The second kappa shape index (κ2) is 16.4. The Bertz CT molecular complexity index is 2130. The van der Waals surface area contributed by atoms with Crippen molar-refractivity contribution in [3.05, 3.63) is 75.8 Å². The number of ether oxygens (including phenoxy) is 2. The molecule has 4 aromatic rings. The zero-order valence-corrected chi connectivity index (χ0v) is 31.7. The fourth-order valence-electron chi connectivity index (χ4n) is 6.98. The van der Waals surface area contributed by atoms with Crippen molar-refractivity contribution in [3.8, 4) is 11.5 Å². The van der Waals surface area contributed by atoms with Gasteiger partial charge in [0.15, 0.2) is 17.3 Å². The van der Waals surface area contributed by atoms with E-state index in [0.717, 1.165) is 29.1 Å². The molecule has 3 aliphatic heterocycles. The summed E-state index contributed by atoms with van der Waals surface area (Å²) in [6, 6.07) is 11.4. The predicted molar refractivity (Wildman–Crippen MR) is 203 cm³/mol. The second-order valence-electron chi connectivity index (χ2n) is 13.3. The third-order valence-electron chi connectivity index (χ3n) is 9.88. The van der Waals surface area contributed by atoms with Crippen LogP contribution in [-0.2, 0) is 20.9 Å². The number of hydrogen-bond donors (Lipinski definition) is 2. The molecule has 12 nitrogen and oxygen atoms in total. The van der Waals surface area contributed by atoms with E-state index in [1.165, 1.54) is 18.5 Å². The Morgan fingerprint density at radius 3 is 2.65 bits per heavy atom. The molecule has 16 heteroatoms. The molecule has 0 aliphatic carbocycles. The third-order valence-corrected chi connectivity index (χ3v) is 11.8. The van der Waals surface area contributed by atoms with Crippen molar-refractivity contribution in [1.82, 2.24) is 25.1 Å². The Labute approximate surface area is 325 Å². The molecule has 2 saturated heterocycles. The van der Waals surface area contributed by atoms with Crippen LogP contribution in [0.2, 0.25) is 10.0 Å². The van der Waals surface area contributed by atoms with Crippen LogP contribution in [0, 0.1) is 5.82 Å². The Kier molecular flexibility index (Phi) is 11.4. The first-order chi connectivity index (χ1) is 26.1. The summed E-state index contributed by atoms with van der Waals surface area (Å²) in [6.07, 6.45) is 5.03. The molecule has 3 aliphatic rings. The molecule has 1 atom stereocenters.